The molecule has 0 N–H and O–H groups in total. The van der Waals surface area contributed by atoms with Crippen LogP contribution in [0.4, 0.5) is 13.2 Å². The van der Waals surface area contributed by atoms with Crippen molar-refractivity contribution < 1.29 is 22.6 Å². The summed E-state index contributed by atoms with van der Waals surface area (Å²) in [7, 11) is 1.47. The van der Waals surface area contributed by atoms with Gasteiger partial charge in [-0.15, -0.1) is 11.6 Å². The van der Waals surface area contributed by atoms with Crippen LogP contribution in [-0.2, 0) is 9.47 Å². The Morgan fingerprint density at radius 3 is 2.50 bits per heavy atom. The average molecular weight is 233 g/mol. The third kappa shape index (κ3) is 3.29. The Bertz CT molecular complexity index is 186. The summed E-state index contributed by atoms with van der Waals surface area (Å²) in [5.41, 5.74) is 0. The minimum Gasteiger partial charge on any atom is -0.377 e. The van der Waals surface area contributed by atoms with Gasteiger partial charge in [0.1, 0.15) is 0 Å². The molecule has 0 aliphatic heterocycles. The zero-order valence-electron chi connectivity index (χ0n) is 7.68. The molecule has 0 spiro atoms. The smallest absolute Gasteiger partial charge is 0.377 e. The Kier molecular flexibility index (Phi) is 4.04. The van der Waals surface area contributed by atoms with Crippen molar-refractivity contribution in [1.82, 2.24) is 0 Å². The predicted octanol–water partition coefficient (Wildman–Crippen LogP) is 2.35. The first-order chi connectivity index (χ1) is 6.44. The molecule has 0 saturated heterocycles. The number of hydrogen-bond acceptors (Lipinski definition) is 2. The van der Waals surface area contributed by atoms with Crippen molar-refractivity contribution in [3.63, 3.8) is 0 Å². The molecule has 3 unspecified atom stereocenters. The summed E-state index contributed by atoms with van der Waals surface area (Å²) >= 11 is 5.75. The molecular formula is C8H12ClF3O2. The highest BCUT2D eigenvalue weighted by Crippen LogP contribution is 2.32. The Labute approximate surface area is 85.3 Å². The fourth-order valence-corrected chi connectivity index (χ4v) is 1.76. The van der Waals surface area contributed by atoms with Gasteiger partial charge in [-0.1, -0.05) is 0 Å². The van der Waals surface area contributed by atoms with Crippen molar-refractivity contribution in [2.75, 3.05) is 13.7 Å². The Balaban J connectivity index is 2.14. The largest absolute Gasteiger partial charge is 0.391 e. The molecule has 84 valence electrons. The van der Waals surface area contributed by atoms with Gasteiger partial charge in [-0.25, -0.2) is 0 Å². The van der Waals surface area contributed by atoms with Gasteiger partial charge in [0, 0.05) is 7.11 Å². The van der Waals surface area contributed by atoms with Crippen molar-refractivity contribution in [3.8, 4) is 0 Å². The maximum absolute atomic E-state index is 11.7. The lowest BCUT2D eigenvalue weighted by atomic mass is 9.91. The lowest BCUT2D eigenvalue weighted by molar-refractivity contribution is -0.165. The maximum atomic E-state index is 11.7. The number of ether oxygens (including phenoxy) is 2. The van der Waals surface area contributed by atoms with Crippen molar-refractivity contribution in [1.29, 1.82) is 0 Å². The highest BCUT2D eigenvalue weighted by Gasteiger charge is 2.41. The van der Waals surface area contributed by atoms with E-state index in [4.69, 9.17) is 21.1 Å². The Hall–Kier alpha value is -0.0000000000000000555. The fourth-order valence-electron chi connectivity index (χ4n) is 1.32. The van der Waals surface area contributed by atoms with Crippen LogP contribution in [-0.4, -0.2) is 37.5 Å². The van der Waals surface area contributed by atoms with E-state index >= 15 is 0 Å². The summed E-state index contributed by atoms with van der Waals surface area (Å²) in [6.07, 6.45) is -5.09. The first-order valence-electron chi connectivity index (χ1n) is 4.29. The molecule has 6 heteroatoms. The maximum Gasteiger partial charge on any atom is 0.391 e. The van der Waals surface area contributed by atoms with Gasteiger partial charge in [0.05, 0.1) is 30.6 Å². The zero-order valence-corrected chi connectivity index (χ0v) is 8.44. The van der Waals surface area contributed by atoms with Crippen LogP contribution >= 0.6 is 11.6 Å². The van der Waals surface area contributed by atoms with Crippen LogP contribution in [0.3, 0.4) is 0 Å². The topological polar surface area (TPSA) is 18.5 Å². The first-order valence-corrected chi connectivity index (χ1v) is 4.73. The molecule has 0 amide bonds. The van der Waals surface area contributed by atoms with Gasteiger partial charge in [-0.05, 0) is 6.42 Å². The molecule has 0 aromatic carbocycles. The molecule has 1 aliphatic rings. The molecule has 0 aromatic heterocycles. The second-order valence-electron chi connectivity index (χ2n) is 3.23. The van der Waals surface area contributed by atoms with Gasteiger partial charge < -0.3 is 9.47 Å². The van der Waals surface area contributed by atoms with E-state index in [2.05, 4.69) is 0 Å². The molecule has 1 saturated carbocycles. The van der Waals surface area contributed by atoms with Gasteiger partial charge in [0.25, 0.3) is 0 Å². The predicted molar refractivity (Wildman–Crippen MR) is 45.5 cm³/mol. The summed E-state index contributed by atoms with van der Waals surface area (Å²) in [4.78, 5) is 0. The van der Waals surface area contributed by atoms with Crippen LogP contribution in [0.2, 0.25) is 0 Å². The number of halogens is 4. The van der Waals surface area contributed by atoms with E-state index in [-0.39, 0.29) is 24.2 Å². The highest BCUT2D eigenvalue weighted by molar-refractivity contribution is 6.21. The summed E-state index contributed by atoms with van der Waals surface area (Å²) in [6.45, 7) is -0.322. The highest BCUT2D eigenvalue weighted by atomic mass is 35.5. The SMILES string of the molecule is COC1C(Cl)CC1OCCC(F)(F)F. The van der Waals surface area contributed by atoms with Gasteiger partial charge in [-0.2, -0.15) is 13.2 Å². The summed E-state index contributed by atoms with van der Waals surface area (Å²) < 4.78 is 45.2. The van der Waals surface area contributed by atoms with E-state index in [9.17, 15) is 13.2 Å². The standard InChI is InChI=1S/C8H12ClF3O2/c1-13-7-5(9)4-6(7)14-3-2-8(10,11)12/h5-7H,2-4H2,1H3. The van der Waals surface area contributed by atoms with Crippen molar-refractivity contribution in [2.24, 2.45) is 0 Å². The average Bonchev–Trinajstić information content (AvgIpc) is 2.01. The van der Waals surface area contributed by atoms with Crippen molar-refractivity contribution >= 4 is 11.6 Å². The molecular weight excluding hydrogens is 221 g/mol. The van der Waals surface area contributed by atoms with E-state index in [1.165, 1.54) is 7.11 Å². The third-order valence-corrected chi connectivity index (χ3v) is 2.60. The van der Waals surface area contributed by atoms with E-state index < -0.39 is 12.6 Å². The summed E-state index contributed by atoms with van der Waals surface area (Å²) in [5.74, 6) is 0. The minimum absolute atomic E-state index is 0.143. The van der Waals surface area contributed by atoms with Crippen molar-refractivity contribution in [3.05, 3.63) is 0 Å². The van der Waals surface area contributed by atoms with Crippen LogP contribution in [0.1, 0.15) is 12.8 Å². The number of alkyl halides is 4. The lowest BCUT2D eigenvalue weighted by Gasteiger charge is -2.39. The molecule has 0 bridgehead atoms. The molecule has 1 fully saturated rings. The quantitative estimate of drug-likeness (QED) is 0.693. The van der Waals surface area contributed by atoms with Crippen LogP contribution in [0.15, 0.2) is 0 Å². The zero-order chi connectivity index (χ0) is 10.8. The molecule has 3 atom stereocenters. The fraction of sp³-hybridized carbons (Fsp3) is 1.00. The van der Waals surface area contributed by atoms with E-state index in [1.54, 1.807) is 0 Å². The second kappa shape index (κ2) is 4.68. The van der Waals surface area contributed by atoms with Gasteiger partial charge in [0.15, 0.2) is 0 Å². The van der Waals surface area contributed by atoms with E-state index in [1.807, 2.05) is 0 Å². The van der Waals surface area contributed by atoms with Crippen LogP contribution in [0, 0.1) is 0 Å². The number of hydrogen-bond donors (Lipinski definition) is 0. The molecule has 1 rings (SSSR count). The van der Waals surface area contributed by atoms with Gasteiger partial charge in [-0.3, -0.25) is 0 Å². The van der Waals surface area contributed by atoms with Crippen LogP contribution < -0.4 is 0 Å². The molecule has 0 heterocycles. The van der Waals surface area contributed by atoms with Crippen LogP contribution in [0.25, 0.3) is 0 Å². The Morgan fingerprint density at radius 2 is 2.07 bits per heavy atom. The molecule has 0 radical (unpaired) electrons. The summed E-state index contributed by atoms with van der Waals surface area (Å²) in [5, 5.41) is -0.143. The Morgan fingerprint density at radius 1 is 1.43 bits per heavy atom. The molecule has 14 heavy (non-hydrogen) atoms. The molecule has 0 aromatic rings. The molecule has 2 nitrogen and oxygen atoms in total. The first kappa shape index (κ1) is 12.1. The molecule has 1 aliphatic carbocycles. The van der Waals surface area contributed by atoms with Gasteiger partial charge >= 0.3 is 6.18 Å². The normalized spacial score (nSPS) is 32.8. The van der Waals surface area contributed by atoms with Crippen molar-refractivity contribution in [2.45, 2.75) is 36.6 Å². The number of methoxy groups -OCH3 is 1. The van der Waals surface area contributed by atoms with Gasteiger partial charge in [0.2, 0.25) is 0 Å². The third-order valence-electron chi connectivity index (χ3n) is 2.17. The van der Waals surface area contributed by atoms with E-state index in [0.29, 0.717) is 6.42 Å². The minimum atomic E-state index is -4.16. The van der Waals surface area contributed by atoms with E-state index in [0.717, 1.165) is 0 Å². The second-order valence-corrected chi connectivity index (χ2v) is 3.79. The lowest BCUT2D eigenvalue weighted by Crippen LogP contribution is -2.50. The monoisotopic (exact) mass is 232 g/mol. The van der Waals surface area contributed by atoms with Crippen LogP contribution in [0.5, 0.6) is 0 Å². The number of rotatable bonds is 4. The summed E-state index contributed by atoms with van der Waals surface area (Å²) in [6, 6.07) is 0.